The van der Waals surface area contributed by atoms with Crippen molar-refractivity contribution in [2.75, 3.05) is 0 Å². The normalized spacial score (nSPS) is 13.8. The van der Waals surface area contributed by atoms with Crippen molar-refractivity contribution in [3.8, 4) is 0 Å². The number of carbonyl (C=O) groups is 2. The summed E-state index contributed by atoms with van der Waals surface area (Å²) >= 11 is 0. The minimum absolute atomic E-state index is 0.113. The third-order valence-corrected chi connectivity index (χ3v) is 2.56. The Hall–Kier alpha value is -1.98. The number of carbonyl (C=O) groups excluding carboxylic acids is 1. The molecule has 0 saturated heterocycles. The van der Waals surface area contributed by atoms with Gasteiger partial charge in [0.25, 0.3) is 5.91 Å². The first kappa shape index (κ1) is 13.1. The molecule has 0 aliphatic carbocycles. The molecule has 17 heavy (non-hydrogen) atoms. The van der Waals surface area contributed by atoms with Crippen molar-refractivity contribution in [2.24, 2.45) is 5.92 Å². The second-order valence-electron chi connectivity index (χ2n) is 3.77. The van der Waals surface area contributed by atoms with Crippen molar-refractivity contribution in [3.63, 3.8) is 0 Å². The predicted octanol–water partition coefficient (Wildman–Crippen LogP) is 0.706. The number of aromatic nitrogens is 2. The number of aliphatic carboxylic acids is 1. The lowest BCUT2D eigenvalue weighted by molar-refractivity contribution is -0.140. The summed E-state index contributed by atoms with van der Waals surface area (Å²) < 4.78 is 0. The number of nitrogens with zero attached hydrogens (tertiary/aromatic N) is 2. The van der Waals surface area contributed by atoms with Crippen molar-refractivity contribution in [1.29, 1.82) is 0 Å². The molecule has 1 amide bonds. The largest absolute Gasteiger partial charge is 0.480 e. The van der Waals surface area contributed by atoms with E-state index in [9.17, 15) is 9.59 Å². The van der Waals surface area contributed by atoms with E-state index in [0.717, 1.165) is 0 Å². The summed E-state index contributed by atoms with van der Waals surface area (Å²) in [7, 11) is 0. The summed E-state index contributed by atoms with van der Waals surface area (Å²) in [5, 5.41) is 11.5. The van der Waals surface area contributed by atoms with Crippen molar-refractivity contribution < 1.29 is 14.7 Å². The van der Waals surface area contributed by atoms with Gasteiger partial charge in [0.05, 0.1) is 6.20 Å². The molecule has 0 fully saturated rings. The highest BCUT2D eigenvalue weighted by Gasteiger charge is 2.26. The van der Waals surface area contributed by atoms with Gasteiger partial charge in [-0.1, -0.05) is 20.3 Å². The number of carboxylic acid groups (broad SMARTS) is 1. The molecule has 1 heterocycles. The van der Waals surface area contributed by atoms with Crippen LogP contribution in [0.25, 0.3) is 0 Å². The van der Waals surface area contributed by atoms with E-state index in [-0.39, 0.29) is 11.6 Å². The van der Waals surface area contributed by atoms with Crippen molar-refractivity contribution >= 4 is 11.9 Å². The van der Waals surface area contributed by atoms with E-state index in [1.807, 2.05) is 6.92 Å². The van der Waals surface area contributed by atoms with Gasteiger partial charge in [-0.25, -0.2) is 9.78 Å². The highest BCUT2D eigenvalue weighted by molar-refractivity contribution is 5.94. The van der Waals surface area contributed by atoms with E-state index in [0.29, 0.717) is 6.42 Å². The maximum Gasteiger partial charge on any atom is 0.326 e. The van der Waals surface area contributed by atoms with E-state index >= 15 is 0 Å². The molecule has 92 valence electrons. The van der Waals surface area contributed by atoms with Crippen LogP contribution < -0.4 is 5.32 Å². The molecular weight excluding hydrogens is 222 g/mol. The molecule has 0 spiro atoms. The average molecular weight is 237 g/mol. The third kappa shape index (κ3) is 3.51. The SMILES string of the molecule is CC[C@H](C)[C@H](NC(=O)c1cnccn1)C(=O)O. The first-order valence-corrected chi connectivity index (χ1v) is 5.36. The molecule has 1 aromatic rings. The monoisotopic (exact) mass is 237 g/mol. The molecule has 0 aliphatic rings. The van der Waals surface area contributed by atoms with Crippen LogP contribution in [0.4, 0.5) is 0 Å². The van der Waals surface area contributed by atoms with Gasteiger partial charge in [-0.15, -0.1) is 0 Å². The molecule has 1 rings (SSSR count). The molecule has 0 aliphatic heterocycles. The number of rotatable bonds is 5. The molecule has 0 aromatic carbocycles. The van der Waals surface area contributed by atoms with E-state index in [1.54, 1.807) is 6.92 Å². The van der Waals surface area contributed by atoms with Crippen LogP contribution in [-0.2, 0) is 4.79 Å². The van der Waals surface area contributed by atoms with Crippen molar-refractivity contribution in [1.82, 2.24) is 15.3 Å². The van der Waals surface area contributed by atoms with Gasteiger partial charge in [-0.2, -0.15) is 0 Å². The smallest absolute Gasteiger partial charge is 0.326 e. The summed E-state index contributed by atoms with van der Waals surface area (Å²) in [6, 6.07) is -0.908. The van der Waals surface area contributed by atoms with Gasteiger partial charge in [0, 0.05) is 12.4 Å². The lowest BCUT2D eigenvalue weighted by Gasteiger charge is -2.19. The predicted molar refractivity (Wildman–Crippen MR) is 60.4 cm³/mol. The summed E-state index contributed by atoms with van der Waals surface area (Å²) in [5.74, 6) is -1.71. The van der Waals surface area contributed by atoms with Crippen LogP contribution in [0, 0.1) is 5.92 Å². The summed E-state index contributed by atoms with van der Waals surface area (Å²) in [4.78, 5) is 30.3. The zero-order valence-corrected chi connectivity index (χ0v) is 9.75. The van der Waals surface area contributed by atoms with Crippen LogP contribution >= 0.6 is 0 Å². The van der Waals surface area contributed by atoms with Gasteiger partial charge >= 0.3 is 5.97 Å². The highest BCUT2D eigenvalue weighted by atomic mass is 16.4. The number of hydrogen-bond acceptors (Lipinski definition) is 4. The number of amides is 1. The fourth-order valence-corrected chi connectivity index (χ4v) is 1.31. The van der Waals surface area contributed by atoms with Crippen LogP contribution in [0.5, 0.6) is 0 Å². The Labute approximate surface area is 99.1 Å². The minimum atomic E-state index is -1.04. The minimum Gasteiger partial charge on any atom is -0.480 e. The first-order valence-electron chi connectivity index (χ1n) is 5.36. The maximum absolute atomic E-state index is 11.7. The molecule has 0 saturated carbocycles. The number of nitrogens with one attached hydrogen (secondary N) is 1. The van der Waals surface area contributed by atoms with E-state index < -0.39 is 17.9 Å². The van der Waals surface area contributed by atoms with E-state index in [2.05, 4.69) is 15.3 Å². The van der Waals surface area contributed by atoms with Crippen LogP contribution in [0.1, 0.15) is 30.8 Å². The van der Waals surface area contributed by atoms with Gasteiger partial charge in [0.2, 0.25) is 0 Å². The van der Waals surface area contributed by atoms with Gasteiger partial charge in [-0.3, -0.25) is 9.78 Å². The highest BCUT2D eigenvalue weighted by Crippen LogP contribution is 2.08. The lowest BCUT2D eigenvalue weighted by Crippen LogP contribution is -2.45. The number of carboxylic acids is 1. The van der Waals surface area contributed by atoms with Crippen molar-refractivity contribution in [2.45, 2.75) is 26.3 Å². The first-order chi connectivity index (χ1) is 8.06. The van der Waals surface area contributed by atoms with Crippen LogP contribution in [0.15, 0.2) is 18.6 Å². The van der Waals surface area contributed by atoms with Gasteiger partial charge in [0.15, 0.2) is 0 Å². The van der Waals surface area contributed by atoms with Crippen LogP contribution in [0.3, 0.4) is 0 Å². The molecule has 0 radical (unpaired) electrons. The quantitative estimate of drug-likeness (QED) is 0.786. The Bertz CT molecular complexity index is 394. The Morgan fingerprint density at radius 2 is 2.18 bits per heavy atom. The second kappa shape index (κ2) is 5.93. The molecule has 1 aromatic heterocycles. The van der Waals surface area contributed by atoms with Crippen LogP contribution in [0.2, 0.25) is 0 Å². The molecule has 0 bridgehead atoms. The van der Waals surface area contributed by atoms with E-state index in [1.165, 1.54) is 18.6 Å². The number of hydrogen-bond donors (Lipinski definition) is 2. The Kier molecular flexibility index (Phi) is 4.56. The second-order valence-corrected chi connectivity index (χ2v) is 3.77. The molecule has 0 unspecified atom stereocenters. The fourth-order valence-electron chi connectivity index (χ4n) is 1.31. The Morgan fingerprint density at radius 1 is 1.47 bits per heavy atom. The summed E-state index contributed by atoms with van der Waals surface area (Å²) in [6.07, 6.45) is 4.79. The van der Waals surface area contributed by atoms with Gasteiger partial charge in [0.1, 0.15) is 11.7 Å². The Morgan fingerprint density at radius 3 is 2.65 bits per heavy atom. The van der Waals surface area contributed by atoms with Crippen LogP contribution in [-0.4, -0.2) is 33.0 Å². The molecular formula is C11H15N3O3. The van der Waals surface area contributed by atoms with Crippen molar-refractivity contribution in [3.05, 3.63) is 24.3 Å². The van der Waals surface area contributed by atoms with Gasteiger partial charge in [-0.05, 0) is 5.92 Å². The average Bonchev–Trinajstić information content (AvgIpc) is 2.35. The summed E-state index contributed by atoms with van der Waals surface area (Å²) in [5.41, 5.74) is 0.113. The molecule has 6 heteroatoms. The standard InChI is InChI=1S/C11H15N3O3/c1-3-7(2)9(11(16)17)14-10(15)8-6-12-4-5-13-8/h4-7,9H,3H2,1-2H3,(H,14,15)(H,16,17)/t7-,9-/m0/s1. The Balaban J connectivity index is 2.75. The molecule has 6 nitrogen and oxygen atoms in total. The maximum atomic E-state index is 11.7. The lowest BCUT2D eigenvalue weighted by atomic mass is 9.99. The molecule has 2 N–H and O–H groups in total. The van der Waals surface area contributed by atoms with E-state index in [4.69, 9.17) is 5.11 Å². The fraction of sp³-hybridized carbons (Fsp3) is 0.455. The third-order valence-electron chi connectivity index (χ3n) is 2.56. The zero-order valence-electron chi connectivity index (χ0n) is 9.75. The molecule has 2 atom stereocenters. The topological polar surface area (TPSA) is 92.2 Å². The zero-order chi connectivity index (χ0) is 12.8. The summed E-state index contributed by atoms with van der Waals surface area (Å²) in [6.45, 7) is 3.64. The van der Waals surface area contributed by atoms with Gasteiger partial charge < -0.3 is 10.4 Å².